The van der Waals surface area contributed by atoms with E-state index in [0.717, 1.165) is 0 Å². The van der Waals surface area contributed by atoms with Gasteiger partial charge in [0, 0.05) is 25.1 Å². The maximum absolute atomic E-state index is 12.9. The molecule has 1 N–H and O–H groups in total. The first-order valence-corrected chi connectivity index (χ1v) is 6.37. The van der Waals surface area contributed by atoms with Gasteiger partial charge < -0.3 is 9.88 Å². The van der Waals surface area contributed by atoms with Crippen LogP contribution in [0.5, 0.6) is 0 Å². The van der Waals surface area contributed by atoms with E-state index < -0.39 is 0 Å². The molecule has 1 aromatic carbocycles. The van der Waals surface area contributed by atoms with Gasteiger partial charge in [0.25, 0.3) is 5.91 Å². The maximum atomic E-state index is 12.9. The van der Waals surface area contributed by atoms with Gasteiger partial charge in [-0.25, -0.2) is 4.39 Å². The molecule has 2 aromatic heterocycles. The van der Waals surface area contributed by atoms with Crippen molar-refractivity contribution in [2.24, 2.45) is 7.05 Å². The molecule has 3 aromatic rings. The highest BCUT2D eigenvalue weighted by Gasteiger charge is 2.17. The largest absolute Gasteiger partial charge is 0.322 e. The Labute approximate surface area is 120 Å². The number of aromatic nitrogens is 3. The third kappa shape index (κ3) is 2.55. The first-order valence-electron chi connectivity index (χ1n) is 6.37. The molecule has 1 amide bonds. The number of rotatable bonds is 3. The molecule has 6 heteroatoms. The third-order valence-corrected chi connectivity index (χ3v) is 3.10. The SMILES string of the molecule is Cn1ncc(C(=O)Nc2ccc(F)cc2)c1-n1cccc1. The lowest BCUT2D eigenvalue weighted by Crippen LogP contribution is -2.14. The lowest BCUT2D eigenvalue weighted by atomic mass is 10.2. The summed E-state index contributed by atoms with van der Waals surface area (Å²) in [4.78, 5) is 12.4. The van der Waals surface area contributed by atoms with E-state index in [-0.39, 0.29) is 11.7 Å². The van der Waals surface area contributed by atoms with Crippen LogP contribution in [0, 0.1) is 5.82 Å². The van der Waals surface area contributed by atoms with Crippen molar-refractivity contribution in [2.45, 2.75) is 0 Å². The molecule has 0 bridgehead atoms. The van der Waals surface area contributed by atoms with E-state index in [1.165, 1.54) is 30.5 Å². The normalized spacial score (nSPS) is 10.6. The summed E-state index contributed by atoms with van der Waals surface area (Å²) < 4.78 is 16.3. The summed E-state index contributed by atoms with van der Waals surface area (Å²) in [6.45, 7) is 0. The second kappa shape index (κ2) is 5.24. The van der Waals surface area contributed by atoms with Gasteiger partial charge in [0.15, 0.2) is 0 Å². The number of carbonyl (C=O) groups is 1. The van der Waals surface area contributed by atoms with Crippen molar-refractivity contribution in [2.75, 3.05) is 5.32 Å². The predicted molar refractivity (Wildman–Crippen MR) is 76.9 cm³/mol. The molecule has 0 atom stereocenters. The van der Waals surface area contributed by atoms with Gasteiger partial charge in [-0.05, 0) is 36.4 Å². The topological polar surface area (TPSA) is 51.9 Å². The zero-order valence-corrected chi connectivity index (χ0v) is 11.3. The first kappa shape index (κ1) is 13.1. The number of hydrogen-bond donors (Lipinski definition) is 1. The molecule has 0 aliphatic heterocycles. The molecule has 0 saturated heterocycles. The van der Waals surface area contributed by atoms with E-state index in [4.69, 9.17) is 0 Å². The van der Waals surface area contributed by atoms with Crippen molar-refractivity contribution >= 4 is 11.6 Å². The average molecular weight is 284 g/mol. The molecule has 0 aliphatic rings. The molecule has 2 heterocycles. The monoisotopic (exact) mass is 284 g/mol. The number of halogens is 1. The van der Waals surface area contributed by atoms with Gasteiger partial charge in [-0.3, -0.25) is 9.48 Å². The minimum absolute atomic E-state index is 0.293. The number of nitrogens with zero attached hydrogens (tertiary/aromatic N) is 3. The fraction of sp³-hybridized carbons (Fsp3) is 0.0667. The summed E-state index contributed by atoms with van der Waals surface area (Å²) in [6, 6.07) is 9.36. The van der Waals surface area contributed by atoms with Crippen LogP contribution in [0.4, 0.5) is 10.1 Å². The summed E-state index contributed by atoms with van der Waals surface area (Å²) in [5.41, 5.74) is 0.974. The Bertz CT molecular complexity index is 760. The first-order chi connectivity index (χ1) is 10.1. The highest BCUT2D eigenvalue weighted by Crippen LogP contribution is 2.16. The van der Waals surface area contributed by atoms with Crippen molar-refractivity contribution in [1.82, 2.24) is 14.3 Å². The fourth-order valence-corrected chi connectivity index (χ4v) is 2.10. The zero-order valence-electron chi connectivity index (χ0n) is 11.3. The molecule has 3 rings (SSSR count). The van der Waals surface area contributed by atoms with Crippen molar-refractivity contribution < 1.29 is 9.18 Å². The molecule has 0 radical (unpaired) electrons. The van der Waals surface area contributed by atoms with Gasteiger partial charge in [0.2, 0.25) is 0 Å². The number of nitrogens with one attached hydrogen (secondary N) is 1. The van der Waals surface area contributed by atoms with Gasteiger partial charge in [-0.2, -0.15) is 5.10 Å². The second-order valence-electron chi connectivity index (χ2n) is 4.56. The van der Waals surface area contributed by atoms with E-state index in [2.05, 4.69) is 10.4 Å². The van der Waals surface area contributed by atoms with Crippen LogP contribution in [0.1, 0.15) is 10.4 Å². The summed E-state index contributed by atoms with van der Waals surface area (Å²) in [5, 5.41) is 6.85. The van der Waals surface area contributed by atoms with E-state index in [0.29, 0.717) is 17.1 Å². The summed E-state index contributed by atoms with van der Waals surface area (Å²) in [6.07, 6.45) is 5.19. The summed E-state index contributed by atoms with van der Waals surface area (Å²) in [5.74, 6) is 0.0282. The highest BCUT2D eigenvalue weighted by atomic mass is 19.1. The van der Waals surface area contributed by atoms with Gasteiger partial charge >= 0.3 is 0 Å². The van der Waals surface area contributed by atoms with Crippen LogP contribution in [-0.4, -0.2) is 20.3 Å². The Kier molecular flexibility index (Phi) is 3.27. The number of amides is 1. The number of anilines is 1. The quantitative estimate of drug-likeness (QED) is 0.803. The van der Waals surface area contributed by atoms with E-state index in [1.807, 2.05) is 29.1 Å². The summed E-state index contributed by atoms with van der Waals surface area (Å²) >= 11 is 0. The maximum Gasteiger partial charge on any atom is 0.261 e. The number of aryl methyl sites for hydroxylation is 1. The third-order valence-electron chi connectivity index (χ3n) is 3.10. The van der Waals surface area contributed by atoms with Crippen LogP contribution >= 0.6 is 0 Å². The van der Waals surface area contributed by atoms with E-state index in [1.54, 1.807) is 11.7 Å². The Balaban J connectivity index is 1.90. The Morgan fingerprint density at radius 1 is 1.19 bits per heavy atom. The average Bonchev–Trinajstić information content (AvgIpc) is 3.10. The van der Waals surface area contributed by atoms with Crippen LogP contribution in [0.15, 0.2) is 55.0 Å². The molecule has 106 valence electrons. The minimum Gasteiger partial charge on any atom is -0.322 e. The van der Waals surface area contributed by atoms with Crippen LogP contribution in [0.3, 0.4) is 0 Å². The predicted octanol–water partition coefficient (Wildman–Crippen LogP) is 2.60. The fourth-order valence-electron chi connectivity index (χ4n) is 2.10. The Hall–Kier alpha value is -2.89. The van der Waals surface area contributed by atoms with Gasteiger partial charge in [-0.1, -0.05) is 0 Å². The molecule has 0 unspecified atom stereocenters. The molecule has 0 aliphatic carbocycles. The molecule has 0 fully saturated rings. The van der Waals surface area contributed by atoms with Crippen molar-refractivity contribution in [1.29, 1.82) is 0 Å². The Morgan fingerprint density at radius 2 is 1.86 bits per heavy atom. The van der Waals surface area contributed by atoms with Gasteiger partial charge in [0.05, 0.1) is 6.20 Å². The second-order valence-corrected chi connectivity index (χ2v) is 4.56. The van der Waals surface area contributed by atoms with Crippen LogP contribution in [0.2, 0.25) is 0 Å². The Morgan fingerprint density at radius 3 is 2.52 bits per heavy atom. The number of carbonyl (C=O) groups excluding carboxylic acids is 1. The molecule has 5 nitrogen and oxygen atoms in total. The van der Waals surface area contributed by atoms with Crippen molar-refractivity contribution in [3.63, 3.8) is 0 Å². The smallest absolute Gasteiger partial charge is 0.261 e. The summed E-state index contributed by atoms with van der Waals surface area (Å²) in [7, 11) is 1.77. The highest BCUT2D eigenvalue weighted by molar-refractivity contribution is 6.06. The van der Waals surface area contributed by atoms with Crippen LogP contribution in [-0.2, 0) is 7.05 Å². The van der Waals surface area contributed by atoms with E-state index >= 15 is 0 Å². The minimum atomic E-state index is -0.345. The van der Waals surface area contributed by atoms with Gasteiger partial charge in [0.1, 0.15) is 17.2 Å². The molecule has 0 spiro atoms. The zero-order chi connectivity index (χ0) is 14.8. The van der Waals surface area contributed by atoms with Crippen LogP contribution < -0.4 is 5.32 Å². The molecule has 21 heavy (non-hydrogen) atoms. The number of benzene rings is 1. The molecular formula is C15H13FN4O. The van der Waals surface area contributed by atoms with E-state index in [9.17, 15) is 9.18 Å². The lowest BCUT2D eigenvalue weighted by molar-refractivity contribution is 0.102. The molecule has 0 saturated carbocycles. The van der Waals surface area contributed by atoms with Crippen molar-refractivity contribution in [3.8, 4) is 5.82 Å². The molecular weight excluding hydrogens is 271 g/mol. The standard InChI is InChI=1S/C15H13FN4O/c1-19-15(20-8-2-3-9-20)13(10-17-19)14(21)18-12-6-4-11(16)5-7-12/h2-10H,1H3,(H,18,21). The van der Waals surface area contributed by atoms with Crippen molar-refractivity contribution in [3.05, 3.63) is 66.4 Å². The number of hydrogen-bond acceptors (Lipinski definition) is 2. The van der Waals surface area contributed by atoms with Gasteiger partial charge in [-0.15, -0.1) is 0 Å². The lowest BCUT2D eigenvalue weighted by Gasteiger charge is -2.08. The van der Waals surface area contributed by atoms with Crippen LogP contribution in [0.25, 0.3) is 5.82 Å².